The Hall–Kier alpha value is -10.5. The number of aliphatic carboxylic acids is 2. The van der Waals surface area contributed by atoms with Crippen LogP contribution in [-0.2, 0) is 75.2 Å². The Bertz CT molecular complexity index is 3190. The smallest absolute Gasteiger partial charge is 0.326 e. The molecule has 0 saturated carbocycles. The van der Waals surface area contributed by atoms with Crippen LogP contribution in [0.4, 0.5) is 0 Å². The maximum atomic E-state index is 14.6. The summed E-state index contributed by atoms with van der Waals surface area (Å²) in [6, 6.07) is 2.45. The highest BCUT2D eigenvalue weighted by molar-refractivity contribution is 7.98. The van der Waals surface area contributed by atoms with Gasteiger partial charge in [0, 0.05) is 39.0 Å². The summed E-state index contributed by atoms with van der Waals surface area (Å²) in [6.45, 7) is 1.23. The molecule has 0 radical (unpaired) electrons. The van der Waals surface area contributed by atoms with Gasteiger partial charge in [-0.25, -0.2) is 4.79 Å². The third-order valence-corrected chi connectivity index (χ3v) is 15.9. The average Bonchev–Trinajstić information content (AvgIpc) is 1.65. The maximum Gasteiger partial charge on any atom is 0.326 e. The normalized spacial score (nSPS) is 14.8. The molecule has 3 rings (SSSR count). The molecular weight excluding hydrogens is 1330 g/mol. The number of phenols is 1. The van der Waals surface area contributed by atoms with E-state index < -0.39 is 170 Å². The van der Waals surface area contributed by atoms with E-state index in [2.05, 4.69) is 68.1 Å². The van der Waals surface area contributed by atoms with Crippen molar-refractivity contribution in [1.29, 1.82) is 0 Å². The predicted octanol–water partition coefficient (Wildman–Crippen LogP) is -6.24. The lowest BCUT2D eigenvalue weighted by molar-refractivity contribution is -0.145. The lowest BCUT2D eigenvalue weighted by Crippen LogP contribution is -2.60. The molecule has 100 heavy (non-hydrogen) atoms. The van der Waals surface area contributed by atoms with E-state index in [0.29, 0.717) is 23.3 Å². The molecule has 9 atom stereocenters. The van der Waals surface area contributed by atoms with Crippen molar-refractivity contribution in [2.45, 2.75) is 152 Å². The lowest BCUT2D eigenvalue weighted by atomic mass is 10.0. The number of carboxylic acid groups (broad SMARTS) is 2. The Balaban J connectivity index is 1.84. The molecule has 38 heteroatoms. The van der Waals surface area contributed by atoms with Crippen LogP contribution in [0.3, 0.4) is 0 Å². The molecule has 1 saturated heterocycles. The number of aromatic hydroxyl groups is 1. The number of carbonyl (C=O) groups excluding carboxylic acids is 11. The molecule has 0 spiro atoms. The number of aliphatic imine (C=N–C) groups is 3. The van der Waals surface area contributed by atoms with Crippen LogP contribution in [-0.4, -0.2) is 227 Å². The minimum absolute atomic E-state index is 0.0000752. The van der Waals surface area contributed by atoms with Crippen LogP contribution in [0.2, 0.25) is 0 Å². The van der Waals surface area contributed by atoms with Crippen molar-refractivity contribution in [3.8, 4) is 5.75 Å². The molecule has 1 fully saturated rings. The molecule has 2 aromatic rings. The minimum atomic E-state index is -1.58. The van der Waals surface area contributed by atoms with E-state index in [1.54, 1.807) is 62.6 Å². The molecule has 27 N–H and O–H groups in total. The summed E-state index contributed by atoms with van der Waals surface area (Å²) in [7, 11) is 0. The number of hydrogen-bond acceptors (Lipinski definition) is 19. The van der Waals surface area contributed by atoms with E-state index in [1.165, 1.54) is 23.9 Å². The number of nitrogens with zero attached hydrogens (tertiary/aromatic N) is 4. The van der Waals surface area contributed by atoms with Crippen molar-refractivity contribution in [1.82, 2.24) is 58.1 Å². The third kappa shape index (κ3) is 32.2. The van der Waals surface area contributed by atoms with E-state index in [4.69, 9.17) is 45.2 Å². The number of thioether (sulfide) groups is 1. The van der Waals surface area contributed by atoms with Gasteiger partial charge in [0.05, 0.1) is 25.7 Å². The van der Waals surface area contributed by atoms with Crippen molar-refractivity contribution in [2.24, 2.45) is 61.0 Å². The van der Waals surface area contributed by atoms with Crippen LogP contribution < -0.4 is 93.3 Å². The summed E-state index contributed by atoms with van der Waals surface area (Å²) >= 11 is 1.33. The maximum absolute atomic E-state index is 14.6. The van der Waals surface area contributed by atoms with Crippen LogP contribution in [0.5, 0.6) is 5.75 Å². The first-order valence-corrected chi connectivity index (χ1v) is 33.7. The first-order valence-electron chi connectivity index (χ1n) is 32.3. The number of carbonyl (C=O) groups is 13. The van der Waals surface area contributed by atoms with Crippen molar-refractivity contribution >= 4 is 107 Å². The molecule has 1 aliphatic heterocycles. The fraction of sp³-hybridized carbons (Fsp3) is 0.548. The SMILES string of the molecule is CSCCC(NC(=O)C(Cc1ccccc1)NC(=O)CNC(=O)CNC(=O)C(N)Cc1ccc(O)cc1)C(=O)NC(CCCN=C(N)N)C(=O)NC(CCCN=C(N)N)C(=O)NC(C(=O)NCC(=O)NC(CCCN=C(N)N)C(=O)N1CCCC1C(=O)NC(CCC(=O)O)C(=O)O)C(C)C. The molecule has 9 unspecified atom stereocenters. The van der Waals surface area contributed by atoms with Gasteiger partial charge in [0.15, 0.2) is 17.9 Å². The van der Waals surface area contributed by atoms with Crippen molar-refractivity contribution < 1.29 is 77.6 Å². The molecule has 0 bridgehead atoms. The molecule has 1 aliphatic rings. The van der Waals surface area contributed by atoms with Crippen LogP contribution in [0.25, 0.3) is 0 Å². The highest BCUT2D eigenvalue weighted by Crippen LogP contribution is 2.21. The van der Waals surface area contributed by atoms with Gasteiger partial charge in [-0.3, -0.25) is 72.5 Å². The zero-order chi connectivity index (χ0) is 74.4. The second-order valence-electron chi connectivity index (χ2n) is 23.7. The molecule has 0 aromatic heterocycles. The second kappa shape index (κ2) is 44.4. The van der Waals surface area contributed by atoms with Crippen molar-refractivity contribution in [3.05, 3.63) is 65.7 Å². The van der Waals surface area contributed by atoms with Gasteiger partial charge in [0.25, 0.3) is 0 Å². The molecular formula is C62H97N21O16S. The molecule has 0 aliphatic carbocycles. The fourth-order valence-electron chi connectivity index (χ4n) is 10.1. The van der Waals surface area contributed by atoms with Crippen molar-refractivity contribution in [2.75, 3.05) is 57.8 Å². The summed E-state index contributed by atoms with van der Waals surface area (Å²) in [5, 5.41) is 53.7. The first kappa shape index (κ1) is 83.7. The largest absolute Gasteiger partial charge is 0.508 e. The topological polar surface area (TPSA) is 625 Å². The van der Waals surface area contributed by atoms with E-state index in [1.807, 2.05) is 0 Å². The fourth-order valence-corrected chi connectivity index (χ4v) is 10.5. The number of guanidine groups is 3. The van der Waals surface area contributed by atoms with Gasteiger partial charge >= 0.3 is 11.9 Å². The van der Waals surface area contributed by atoms with Gasteiger partial charge in [-0.05, 0) is 112 Å². The molecule has 2 aromatic carbocycles. The van der Waals surface area contributed by atoms with E-state index in [9.17, 15) is 72.5 Å². The highest BCUT2D eigenvalue weighted by atomic mass is 32.2. The van der Waals surface area contributed by atoms with E-state index >= 15 is 0 Å². The predicted molar refractivity (Wildman–Crippen MR) is 369 cm³/mol. The van der Waals surface area contributed by atoms with Gasteiger partial charge < -0.3 is 114 Å². The summed E-state index contributed by atoms with van der Waals surface area (Å²) in [6.07, 6.45) is 1.11. The summed E-state index contributed by atoms with van der Waals surface area (Å²) in [5.74, 6) is -13.0. The quantitative estimate of drug-likeness (QED) is 0.0167. The van der Waals surface area contributed by atoms with Crippen molar-refractivity contribution in [3.63, 3.8) is 0 Å². The lowest BCUT2D eigenvalue weighted by Gasteiger charge is -2.29. The number of benzene rings is 2. The second-order valence-corrected chi connectivity index (χ2v) is 24.7. The van der Waals surface area contributed by atoms with Crippen LogP contribution in [0.1, 0.15) is 95.6 Å². The summed E-state index contributed by atoms with van der Waals surface area (Å²) in [4.78, 5) is 188. The van der Waals surface area contributed by atoms with Gasteiger partial charge in [-0.15, -0.1) is 0 Å². The number of hydrogen-bond donors (Lipinski definition) is 20. The van der Waals surface area contributed by atoms with Gasteiger partial charge in [0.2, 0.25) is 65.0 Å². The zero-order valence-electron chi connectivity index (χ0n) is 56.2. The first-order chi connectivity index (χ1) is 47.4. The van der Waals surface area contributed by atoms with Gasteiger partial charge in [-0.1, -0.05) is 56.3 Å². The minimum Gasteiger partial charge on any atom is -0.508 e. The number of phenolic OH excluding ortho intramolecular Hbond substituents is 1. The Labute approximate surface area is 582 Å². The molecule has 552 valence electrons. The number of nitrogens with one attached hydrogen (secondary N) is 10. The van der Waals surface area contributed by atoms with E-state index in [-0.39, 0.29) is 114 Å². The summed E-state index contributed by atoms with van der Waals surface area (Å²) < 4.78 is 0. The number of likely N-dealkylation sites (tertiary alicyclic amines) is 1. The molecule has 37 nitrogen and oxygen atoms in total. The standard InChI is InChI=1S/C62H97N21O16S/c1-34(2)50(57(96)75-33-48(87)76-42(15-9-26-72-62(68)69)58(97)83-27-10-16-45(83)56(95)81-43(59(98)99)21-22-49(88)89)82-54(93)40(14-8-25-71-61(66)67)79-52(91)39(13-7-24-70-60(64)65)78-53(92)41(23-28-100-3)80-55(94)44(30-35-11-5-4-6-12-35)77-47(86)32-73-46(85)31-74-51(90)38(63)29-36-17-19-37(84)20-18-36/h4-6,11-12,17-20,34,38-45,50,84H,7-10,13-16,21-33,63H2,1-3H3,(H,73,85)(H,74,90)(H,75,96)(H,76,87)(H,77,86)(H,78,92)(H,79,91)(H,80,94)(H,81,95)(H,82,93)(H,88,89)(H,98,99)(H4,64,65,70)(H4,66,67,71)(H4,68,69,72). The Morgan fingerprint density at radius 1 is 0.530 bits per heavy atom. The molecule has 11 amide bonds. The number of amides is 11. The zero-order valence-corrected chi connectivity index (χ0v) is 57.0. The monoisotopic (exact) mass is 1420 g/mol. The number of nitrogens with two attached hydrogens (primary N) is 7. The van der Waals surface area contributed by atoms with E-state index in [0.717, 1.165) is 4.90 Å². The van der Waals surface area contributed by atoms with Crippen LogP contribution in [0, 0.1) is 5.92 Å². The van der Waals surface area contributed by atoms with Gasteiger partial charge in [-0.2, -0.15) is 11.8 Å². The molecule has 1 heterocycles. The van der Waals surface area contributed by atoms with Crippen LogP contribution >= 0.6 is 11.8 Å². The number of rotatable bonds is 45. The Morgan fingerprint density at radius 3 is 1.51 bits per heavy atom. The summed E-state index contributed by atoms with van der Waals surface area (Å²) in [5.41, 5.74) is 40.5. The Kier molecular flexibility index (Phi) is 37.2. The Morgan fingerprint density at radius 2 is 1.00 bits per heavy atom. The average molecular weight is 1420 g/mol. The highest BCUT2D eigenvalue weighted by Gasteiger charge is 2.40. The third-order valence-electron chi connectivity index (χ3n) is 15.3. The van der Waals surface area contributed by atoms with Gasteiger partial charge in [0.1, 0.15) is 54.1 Å². The van der Waals surface area contributed by atoms with Crippen LogP contribution in [0.15, 0.2) is 69.6 Å². The number of carboxylic acids is 2.